The van der Waals surface area contributed by atoms with Gasteiger partial charge < -0.3 is 15.4 Å². The number of ether oxygens (including phenoxy) is 1. The Kier molecular flexibility index (Phi) is 4.05. The third-order valence-electron chi connectivity index (χ3n) is 3.83. The number of nitrogens with two attached hydrogens (primary N) is 1. The second kappa shape index (κ2) is 5.36. The fourth-order valence-corrected chi connectivity index (χ4v) is 2.41. The lowest BCUT2D eigenvalue weighted by Crippen LogP contribution is -2.51. The molecule has 4 nitrogen and oxygen atoms in total. The molecule has 1 aliphatic heterocycles. The van der Waals surface area contributed by atoms with E-state index in [1.165, 1.54) is 12.8 Å². The molecule has 1 saturated carbocycles. The molecule has 1 aliphatic carbocycles. The molecule has 0 aromatic heterocycles. The van der Waals surface area contributed by atoms with E-state index < -0.39 is 0 Å². The normalized spacial score (nSPS) is 31.4. The highest BCUT2D eigenvalue weighted by atomic mass is 16.5. The van der Waals surface area contributed by atoms with Crippen LogP contribution in [0.4, 0.5) is 0 Å². The third-order valence-corrected chi connectivity index (χ3v) is 3.83. The van der Waals surface area contributed by atoms with Crippen molar-refractivity contribution in [1.82, 2.24) is 4.90 Å². The molecule has 0 spiro atoms. The van der Waals surface area contributed by atoms with Crippen molar-refractivity contribution in [2.75, 3.05) is 13.2 Å². The number of rotatable bonds is 4. The van der Waals surface area contributed by atoms with Gasteiger partial charge in [-0.25, -0.2) is 0 Å². The first-order valence-corrected chi connectivity index (χ1v) is 6.75. The minimum atomic E-state index is -0.299. The van der Waals surface area contributed by atoms with Gasteiger partial charge in [0.1, 0.15) is 6.10 Å². The number of likely N-dealkylation sites (tertiary alicyclic amines) is 1. The Balaban J connectivity index is 1.80. The summed E-state index contributed by atoms with van der Waals surface area (Å²) >= 11 is 0. The molecule has 0 radical (unpaired) electrons. The topological polar surface area (TPSA) is 55.6 Å². The number of hydrogen-bond donors (Lipinski definition) is 1. The van der Waals surface area contributed by atoms with Crippen molar-refractivity contribution in [2.24, 2.45) is 11.7 Å². The third kappa shape index (κ3) is 3.42. The van der Waals surface area contributed by atoms with Gasteiger partial charge >= 0.3 is 0 Å². The SMILES string of the molecule is C[C@H](OCC1CC1)C(=O)N1CC[C@H](N)C[C@@H]1C. The second-order valence-electron chi connectivity index (χ2n) is 5.58. The van der Waals surface area contributed by atoms with Crippen LogP contribution in [0.3, 0.4) is 0 Å². The molecule has 0 bridgehead atoms. The number of nitrogens with zero attached hydrogens (tertiary/aromatic N) is 1. The summed E-state index contributed by atoms with van der Waals surface area (Å²) in [4.78, 5) is 14.1. The molecular weight excluding hydrogens is 216 g/mol. The predicted octanol–water partition coefficient (Wildman–Crippen LogP) is 1.14. The molecule has 3 atom stereocenters. The van der Waals surface area contributed by atoms with Crippen molar-refractivity contribution < 1.29 is 9.53 Å². The van der Waals surface area contributed by atoms with E-state index in [-0.39, 0.29) is 24.1 Å². The monoisotopic (exact) mass is 240 g/mol. The van der Waals surface area contributed by atoms with Gasteiger partial charge in [0.2, 0.25) is 0 Å². The summed E-state index contributed by atoms with van der Waals surface area (Å²) in [5.74, 6) is 0.836. The van der Waals surface area contributed by atoms with E-state index in [1.54, 1.807) is 0 Å². The average molecular weight is 240 g/mol. The van der Waals surface area contributed by atoms with E-state index in [2.05, 4.69) is 6.92 Å². The first kappa shape index (κ1) is 12.8. The standard InChI is InChI=1S/C13H24N2O2/c1-9-7-12(14)5-6-15(9)13(16)10(2)17-8-11-3-4-11/h9-12H,3-8,14H2,1-2H3/t9-,10-,12-/m0/s1. The molecule has 1 saturated heterocycles. The Morgan fingerprint density at radius 3 is 2.76 bits per heavy atom. The molecule has 17 heavy (non-hydrogen) atoms. The summed E-state index contributed by atoms with van der Waals surface area (Å²) in [6.07, 6.45) is 4.03. The van der Waals surface area contributed by atoms with Crippen LogP contribution in [0.2, 0.25) is 0 Å². The highest BCUT2D eigenvalue weighted by molar-refractivity contribution is 5.81. The molecule has 2 N–H and O–H groups in total. The molecule has 2 rings (SSSR count). The van der Waals surface area contributed by atoms with E-state index in [0.717, 1.165) is 26.0 Å². The van der Waals surface area contributed by atoms with Gasteiger partial charge in [-0.05, 0) is 45.4 Å². The van der Waals surface area contributed by atoms with Gasteiger partial charge in [0.05, 0.1) is 6.61 Å². The Bertz CT molecular complexity index is 279. The van der Waals surface area contributed by atoms with Crippen molar-refractivity contribution in [3.8, 4) is 0 Å². The Morgan fingerprint density at radius 2 is 2.18 bits per heavy atom. The number of amides is 1. The van der Waals surface area contributed by atoms with Gasteiger partial charge in [-0.15, -0.1) is 0 Å². The number of piperidine rings is 1. The maximum atomic E-state index is 12.2. The van der Waals surface area contributed by atoms with E-state index in [9.17, 15) is 4.79 Å². The van der Waals surface area contributed by atoms with Gasteiger partial charge in [-0.1, -0.05) is 0 Å². The average Bonchev–Trinajstić information content (AvgIpc) is 3.09. The largest absolute Gasteiger partial charge is 0.368 e. The second-order valence-corrected chi connectivity index (χ2v) is 5.58. The molecule has 1 amide bonds. The molecule has 0 unspecified atom stereocenters. The van der Waals surface area contributed by atoms with E-state index >= 15 is 0 Å². The summed E-state index contributed by atoms with van der Waals surface area (Å²) in [7, 11) is 0. The minimum Gasteiger partial charge on any atom is -0.368 e. The van der Waals surface area contributed by atoms with Gasteiger partial charge in [0, 0.05) is 18.6 Å². The molecule has 4 heteroatoms. The van der Waals surface area contributed by atoms with Crippen LogP contribution in [0, 0.1) is 5.92 Å². The van der Waals surface area contributed by atoms with Gasteiger partial charge in [0.25, 0.3) is 5.91 Å². The molecule has 2 fully saturated rings. The number of carbonyl (C=O) groups excluding carboxylic acids is 1. The fraction of sp³-hybridized carbons (Fsp3) is 0.923. The molecule has 98 valence electrons. The highest BCUT2D eigenvalue weighted by Crippen LogP contribution is 2.29. The van der Waals surface area contributed by atoms with Crippen LogP contribution in [0.15, 0.2) is 0 Å². The molecule has 1 heterocycles. The first-order chi connectivity index (χ1) is 8.08. The maximum absolute atomic E-state index is 12.2. The van der Waals surface area contributed by atoms with Crippen LogP contribution in [0.1, 0.15) is 39.5 Å². The fourth-order valence-electron chi connectivity index (χ4n) is 2.41. The lowest BCUT2D eigenvalue weighted by Gasteiger charge is -2.37. The quantitative estimate of drug-likeness (QED) is 0.801. The molecule has 0 aromatic rings. The van der Waals surface area contributed by atoms with E-state index in [0.29, 0.717) is 5.92 Å². The zero-order chi connectivity index (χ0) is 12.4. The molecular formula is C13H24N2O2. The summed E-state index contributed by atoms with van der Waals surface area (Å²) in [6.45, 7) is 5.46. The van der Waals surface area contributed by atoms with Gasteiger partial charge in [0.15, 0.2) is 0 Å². The smallest absolute Gasteiger partial charge is 0.251 e. The van der Waals surface area contributed by atoms with Crippen molar-refractivity contribution in [1.29, 1.82) is 0 Å². The summed E-state index contributed by atoms with van der Waals surface area (Å²) in [5.41, 5.74) is 5.90. The lowest BCUT2D eigenvalue weighted by atomic mass is 9.98. The Morgan fingerprint density at radius 1 is 1.47 bits per heavy atom. The van der Waals surface area contributed by atoms with E-state index in [4.69, 9.17) is 10.5 Å². The van der Waals surface area contributed by atoms with Gasteiger partial charge in [-0.3, -0.25) is 4.79 Å². The zero-order valence-corrected chi connectivity index (χ0v) is 10.9. The highest BCUT2D eigenvalue weighted by Gasteiger charge is 2.31. The van der Waals surface area contributed by atoms with Crippen molar-refractivity contribution >= 4 is 5.91 Å². The zero-order valence-electron chi connectivity index (χ0n) is 10.9. The van der Waals surface area contributed by atoms with Crippen molar-refractivity contribution in [2.45, 2.75) is 57.7 Å². The van der Waals surface area contributed by atoms with Crippen LogP contribution in [0.25, 0.3) is 0 Å². The number of carbonyl (C=O) groups is 1. The molecule has 0 aromatic carbocycles. The minimum absolute atomic E-state index is 0.130. The van der Waals surface area contributed by atoms with Crippen LogP contribution in [-0.2, 0) is 9.53 Å². The van der Waals surface area contributed by atoms with Crippen LogP contribution in [-0.4, -0.2) is 42.1 Å². The van der Waals surface area contributed by atoms with E-state index in [1.807, 2.05) is 11.8 Å². The maximum Gasteiger partial charge on any atom is 0.251 e. The predicted molar refractivity (Wildman–Crippen MR) is 66.5 cm³/mol. The first-order valence-electron chi connectivity index (χ1n) is 6.75. The lowest BCUT2D eigenvalue weighted by molar-refractivity contribution is -0.146. The summed E-state index contributed by atoms with van der Waals surface area (Å²) < 4.78 is 5.63. The van der Waals surface area contributed by atoms with Crippen LogP contribution >= 0.6 is 0 Å². The van der Waals surface area contributed by atoms with Crippen LogP contribution in [0.5, 0.6) is 0 Å². The Labute approximate surface area is 103 Å². The number of hydrogen-bond acceptors (Lipinski definition) is 3. The van der Waals surface area contributed by atoms with Crippen molar-refractivity contribution in [3.63, 3.8) is 0 Å². The summed E-state index contributed by atoms with van der Waals surface area (Å²) in [6, 6.07) is 0.495. The summed E-state index contributed by atoms with van der Waals surface area (Å²) in [5, 5.41) is 0. The molecule has 2 aliphatic rings. The van der Waals surface area contributed by atoms with Crippen LogP contribution < -0.4 is 5.73 Å². The van der Waals surface area contributed by atoms with Gasteiger partial charge in [-0.2, -0.15) is 0 Å². The Hall–Kier alpha value is -0.610. The van der Waals surface area contributed by atoms with Crippen molar-refractivity contribution in [3.05, 3.63) is 0 Å².